The van der Waals surface area contributed by atoms with Gasteiger partial charge in [-0.3, -0.25) is 4.79 Å². The van der Waals surface area contributed by atoms with Crippen LogP contribution in [0.2, 0.25) is 0 Å². The Bertz CT molecular complexity index is 980. The van der Waals surface area contributed by atoms with Gasteiger partial charge < -0.3 is 19.7 Å². The largest absolute Gasteiger partial charge is 0.352 e. The van der Waals surface area contributed by atoms with Gasteiger partial charge in [0.1, 0.15) is 12.4 Å². The van der Waals surface area contributed by atoms with E-state index in [4.69, 9.17) is 4.99 Å². The predicted octanol–water partition coefficient (Wildman–Crippen LogP) is 2.37. The van der Waals surface area contributed by atoms with E-state index in [9.17, 15) is 4.79 Å². The highest BCUT2D eigenvalue weighted by Gasteiger charge is 2.32. The zero-order valence-corrected chi connectivity index (χ0v) is 18.4. The molecular weight excluding hydrogens is 390 g/mol. The summed E-state index contributed by atoms with van der Waals surface area (Å²) < 4.78 is 1.96. The van der Waals surface area contributed by atoms with Crippen LogP contribution in [0.25, 0.3) is 0 Å². The highest BCUT2D eigenvalue weighted by Crippen LogP contribution is 2.38. The van der Waals surface area contributed by atoms with Crippen molar-refractivity contribution >= 4 is 17.6 Å². The Morgan fingerprint density at radius 2 is 2.19 bits per heavy atom. The number of aromatic nitrogens is 3. The lowest BCUT2D eigenvalue weighted by molar-refractivity contribution is -0.127. The van der Waals surface area contributed by atoms with Crippen molar-refractivity contribution in [2.45, 2.75) is 38.6 Å². The molecular formula is C23H31N7O. The molecule has 2 aromatic rings. The molecule has 31 heavy (non-hydrogen) atoms. The summed E-state index contributed by atoms with van der Waals surface area (Å²) in [7, 11) is 1.96. The van der Waals surface area contributed by atoms with Crippen LogP contribution < -0.4 is 10.2 Å². The molecule has 1 aromatic carbocycles. The molecule has 1 fully saturated rings. The number of guanidine groups is 1. The average Bonchev–Trinajstić information content (AvgIpc) is 3.45. The van der Waals surface area contributed by atoms with Gasteiger partial charge in [-0.2, -0.15) is 0 Å². The van der Waals surface area contributed by atoms with Crippen molar-refractivity contribution in [1.29, 1.82) is 0 Å². The molecule has 8 heteroatoms. The number of aryl methyl sites for hydroxylation is 1. The highest BCUT2D eigenvalue weighted by molar-refractivity contribution is 5.98. The van der Waals surface area contributed by atoms with Crippen LogP contribution in [0.3, 0.4) is 0 Å². The summed E-state index contributed by atoms with van der Waals surface area (Å²) in [5.41, 5.74) is 2.49. The summed E-state index contributed by atoms with van der Waals surface area (Å²) in [6, 6.07) is 8.50. The number of fused-ring (bicyclic) bond motifs is 1. The molecule has 0 spiro atoms. The summed E-state index contributed by atoms with van der Waals surface area (Å²) in [5, 5.41) is 11.8. The van der Waals surface area contributed by atoms with E-state index in [1.54, 1.807) is 0 Å². The molecule has 1 N–H and O–H groups in total. The summed E-state index contributed by atoms with van der Waals surface area (Å²) in [6.07, 6.45) is 4.46. The van der Waals surface area contributed by atoms with Crippen molar-refractivity contribution in [2.75, 3.05) is 31.1 Å². The van der Waals surface area contributed by atoms with Crippen LogP contribution in [0.15, 0.2) is 41.9 Å². The molecule has 8 nitrogen and oxygen atoms in total. The van der Waals surface area contributed by atoms with Gasteiger partial charge in [-0.05, 0) is 31.4 Å². The molecule has 164 valence electrons. The average molecular weight is 422 g/mol. The van der Waals surface area contributed by atoms with Gasteiger partial charge in [0.05, 0.1) is 0 Å². The smallest absolute Gasteiger partial charge is 0.222 e. The summed E-state index contributed by atoms with van der Waals surface area (Å²) in [5.74, 6) is 3.16. The maximum absolute atomic E-state index is 12.0. The summed E-state index contributed by atoms with van der Waals surface area (Å²) in [6.45, 7) is 9.39. The predicted molar refractivity (Wildman–Crippen MR) is 122 cm³/mol. The van der Waals surface area contributed by atoms with Gasteiger partial charge >= 0.3 is 0 Å². The molecule has 1 aromatic heterocycles. The fourth-order valence-corrected chi connectivity index (χ4v) is 4.33. The number of nitrogens with zero attached hydrogens (tertiary/aromatic N) is 6. The third-order valence-corrected chi connectivity index (χ3v) is 6.20. The first-order chi connectivity index (χ1) is 15.1. The zero-order chi connectivity index (χ0) is 21.8. The number of nitrogens with one attached hydrogen (secondary N) is 1. The van der Waals surface area contributed by atoms with Crippen molar-refractivity contribution in [1.82, 2.24) is 25.0 Å². The van der Waals surface area contributed by atoms with E-state index in [2.05, 4.69) is 51.3 Å². The maximum Gasteiger partial charge on any atom is 0.222 e. The topological polar surface area (TPSA) is 78.7 Å². The monoisotopic (exact) mass is 421 g/mol. The minimum atomic E-state index is 0.289. The second-order valence-corrected chi connectivity index (χ2v) is 8.17. The van der Waals surface area contributed by atoms with Gasteiger partial charge in [-0.1, -0.05) is 24.3 Å². The summed E-state index contributed by atoms with van der Waals surface area (Å²) >= 11 is 0. The van der Waals surface area contributed by atoms with Gasteiger partial charge in [-0.25, -0.2) is 4.99 Å². The van der Waals surface area contributed by atoms with Crippen molar-refractivity contribution in [2.24, 2.45) is 12.0 Å². The first-order valence-corrected chi connectivity index (χ1v) is 11.0. The molecule has 2 aliphatic heterocycles. The second kappa shape index (κ2) is 9.32. The lowest BCUT2D eigenvalue weighted by Gasteiger charge is -2.23. The fraction of sp³-hybridized carbons (Fsp3) is 0.478. The third kappa shape index (κ3) is 4.47. The SMILES string of the molecule is C=CCNC(=NCc1nnc(C)n1C)N1CC(CCN2CCCC2=O)c2ccccc21. The number of carbonyl (C=O) groups is 1. The lowest BCUT2D eigenvalue weighted by Crippen LogP contribution is -2.41. The molecule has 3 heterocycles. The number of anilines is 1. The number of hydrogen-bond donors (Lipinski definition) is 1. The fourth-order valence-electron chi connectivity index (χ4n) is 4.33. The molecule has 4 rings (SSSR count). The molecule has 0 bridgehead atoms. The molecule has 1 unspecified atom stereocenters. The number of rotatable bonds is 7. The zero-order valence-electron chi connectivity index (χ0n) is 18.4. The van der Waals surface area contributed by atoms with Crippen molar-refractivity contribution < 1.29 is 4.79 Å². The number of carbonyl (C=O) groups excluding carboxylic acids is 1. The van der Waals surface area contributed by atoms with Crippen LogP contribution in [0.5, 0.6) is 0 Å². The number of hydrogen-bond acceptors (Lipinski definition) is 4. The van der Waals surface area contributed by atoms with Crippen LogP contribution in [-0.4, -0.2) is 57.7 Å². The standard InChI is InChI=1S/C23H31N7O/c1-4-12-24-23(25-15-21-27-26-17(2)28(21)3)30-16-18(19-8-5-6-9-20(19)30)11-14-29-13-7-10-22(29)31/h4-6,8-9,18H,1,7,10-16H2,2-3H3,(H,24,25). The Balaban J connectivity index is 1.54. The van der Waals surface area contributed by atoms with Gasteiger partial charge in [0.15, 0.2) is 11.8 Å². The van der Waals surface area contributed by atoms with Crippen molar-refractivity contribution in [3.63, 3.8) is 0 Å². The van der Waals surface area contributed by atoms with E-state index < -0.39 is 0 Å². The van der Waals surface area contributed by atoms with E-state index in [0.717, 1.165) is 50.1 Å². The first-order valence-electron chi connectivity index (χ1n) is 11.0. The molecule has 0 aliphatic carbocycles. The highest BCUT2D eigenvalue weighted by atomic mass is 16.2. The quantitative estimate of drug-likeness (QED) is 0.422. The Kier molecular flexibility index (Phi) is 6.34. The van der Waals surface area contributed by atoms with Gasteiger partial charge in [0.2, 0.25) is 5.91 Å². The number of benzene rings is 1. The number of aliphatic imine (C=N–C) groups is 1. The van der Waals surface area contributed by atoms with Crippen LogP contribution >= 0.6 is 0 Å². The van der Waals surface area contributed by atoms with E-state index in [-0.39, 0.29) is 5.91 Å². The second-order valence-electron chi connectivity index (χ2n) is 8.17. The number of para-hydroxylation sites is 1. The van der Waals surface area contributed by atoms with Crippen LogP contribution in [0, 0.1) is 6.92 Å². The summed E-state index contributed by atoms with van der Waals surface area (Å²) in [4.78, 5) is 21.2. The number of amides is 1. The molecule has 1 amide bonds. The first kappa shape index (κ1) is 21.1. The maximum atomic E-state index is 12.0. The minimum Gasteiger partial charge on any atom is -0.352 e. The van der Waals surface area contributed by atoms with Crippen molar-refractivity contribution in [3.05, 3.63) is 54.1 Å². The van der Waals surface area contributed by atoms with E-state index in [0.29, 0.717) is 25.4 Å². The van der Waals surface area contributed by atoms with Crippen molar-refractivity contribution in [3.8, 4) is 0 Å². The van der Waals surface area contributed by atoms with Crippen LogP contribution in [0.4, 0.5) is 5.69 Å². The third-order valence-electron chi connectivity index (χ3n) is 6.20. The minimum absolute atomic E-state index is 0.289. The molecule has 1 atom stereocenters. The lowest BCUT2D eigenvalue weighted by atomic mass is 9.98. The number of likely N-dealkylation sites (tertiary alicyclic amines) is 1. The van der Waals surface area contributed by atoms with Gasteiger partial charge in [0, 0.05) is 51.3 Å². The molecule has 2 aliphatic rings. The Hall–Kier alpha value is -3.16. The van der Waals surface area contributed by atoms with E-state index in [1.807, 2.05) is 29.5 Å². The molecule has 0 saturated carbocycles. The normalized spacial score (nSPS) is 18.6. The Morgan fingerprint density at radius 3 is 2.90 bits per heavy atom. The molecule has 1 saturated heterocycles. The van der Waals surface area contributed by atoms with Gasteiger partial charge in [-0.15, -0.1) is 16.8 Å². The van der Waals surface area contributed by atoms with Crippen LogP contribution in [-0.2, 0) is 18.4 Å². The Morgan fingerprint density at radius 1 is 1.35 bits per heavy atom. The Labute approximate surface area is 183 Å². The van der Waals surface area contributed by atoms with E-state index >= 15 is 0 Å². The molecule has 0 radical (unpaired) electrons. The van der Waals surface area contributed by atoms with Crippen LogP contribution in [0.1, 0.15) is 42.4 Å². The van der Waals surface area contributed by atoms with E-state index in [1.165, 1.54) is 11.3 Å². The van der Waals surface area contributed by atoms with Gasteiger partial charge in [0.25, 0.3) is 0 Å².